The summed E-state index contributed by atoms with van der Waals surface area (Å²) < 4.78 is 0. The summed E-state index contributed by atoms with van der Waals surface area (Å²) >= 11 is 1.61. The van der Waals surface area contributed by atoms with E-state index in [0.717, 1.165) is 22.0 Å². The molecule has 2 N–H and O–H groups in total. The van der Waals surface area contributed by atoms with Gasteiger partial charge in [0.2, 0.25) is 0 Å². The van der Waals surface area contributed by atoms with Crippen LogP contribution < -0.4 is 27.5 Å². The van der Waals surface area contributed by atoms with Gasteiger partial charge in [-0.1, -0.05) is 46.6 Å². The van der Waals surface area contributed by atoms with E-state index < -0.39 is 5.66 Å². The molecule has 0 bridgehead atoms. The maximum atomic E-state index is 4.68. The number of para-hydroxylation sites is 1. The van der Waals surface area contributed by atoms with Crippen LogP contribution in [0.1, 0.15) is 16.3 Å². The Morgan fingerprint density at radius 3 is 2.29 bits per heavy atom. The maximum absolute atomic E-state index is 4.68. The van der Waals surface area contributed by atoms with Crippen LogP contribution in [0.5, 0.6) is 0 Å². The lowest BCUT2D eigenvalue weighted by Gasteiger charge is -2.21. The summed E-state index contributed by atoms with van der Waals surface area (Å²) in [5.74, 6) is 0. The molecule has 0 spiro atoms. The lowest BCUT2D eigenvalue weighted by Crippen LogP contribution is -3.00. The number of quaternary nitrogens is 1. The second-order valence-corrected chi connectivity index (χ2v) is 6.28. The largest absolute Gasteiger partial charge is 1.00 e. The van der Waals surface area contributed by atoms with Crippen LogP contribution in [-0.4, -0.2) is 4.98 Å². The van der Waals surface area contributed by atoms with Gasteiger partial charge in [0.25, 0.3) is 0 Å². The van der Waals surface area contributed by atoms with E-state index in [9.17, 15) is 0 Å². The van der Waals surface area contributed by atoms with Crippen LogP contribution >= 0.6 is 11.3 Å². The Kier molecular flexibility index (Phi) is 4.75. The van der Waals surface area contributed by atoms with Gasteiger partial charge in [0, 0.05) is 16.6 Å². The minimum absolute atomic E-state index is 0. The van der Waals surface area contributed by atoms with Gasteiger partial charge in [-0.2, -0.15) is 5.43 Å². The van der Waals surface area contributed by atoms with Gasteiger partial charge >= 0.3 is 5.66 Å². The van der Waals surface area contributed by atoms with Crippen molar-refractivity contribution in [1.82, 2.24) is 4.98 Å². The van der Waals surface area contributed by atoms with E-state index in [2.05, 4.69) is 32.8 Å². The van der Waals surface area contributed by atoms with Crippen molar-refractivity contribution in [3.05, 3.63) is 82.3 Å². The number of rotatable bonds is 3. The Bertz CT molecular complexity index is 836. The molecule has 0 fully saturated rings. The number of nitrogens with zero attached hydrogens (tertiary/aromatic N) is 4. The average molecular weight is 402 g/mol. The molecule has 4 rings (SSSR count). The monoisotopic (exact) mass is 401 g/mol. The average Bonchev–Trinajstić information content (AvgIpc) is 3.24. The van der Waals surface area contributed by atoms with Crippen LogP contribution in [0, 0.1) is 6.92 Å². The number of aromatic nitrogens is 1. The Balaban J connectivity index is 0.00000169. The van der Waals surface area contributed by atoms with Gasteiger partial charge in [-0.3, -0.25) is 0 Å². The molecule has 7 heteroatoms. The fourth-order valence-corrected chi connectivity index (χ4v) is 3.55. The van der Waals surface area contributed by atoms with Crippen molar-refractivity contribution in [2.45, 2.75) is 12.6 Å². The van der Waals surface area contributed by atoms with Crippen LogP contribution in [0.2, 0.25) is 0 Å². The second-order valence-electron chi connectivity index (χ2n) is 5.43. The highest BCUT2D eigenvalue weighted by atomic mass is 79.9. The summed E-state index contributed by atoms with van der Waals surface area (Å²) in [6, 6.07) is 20.2. The van der Waals surface area contributed by atoms with Crippen LogP contribution in [0.4, 0.5) is 5.69 Å². The zero-order valence-electron chi connectivity index (χ0n) is 13.0. The number of hydrogen-bond acceptors (Lipinski definition) is 5. The molecule has 1 aromatic heterocycles. The molecule has 1 unspecified atom stereocenters. The van der Waals surface area contributed by atoms with Crippen molar-refractivity contribution in [3.8, 4) is 0 Å². The quantitative estimate of drug-likeness (QED) is 0.629. The second kappa shape index (κ2) is 6.80. The van der Waals surface area contributed by atoms with E-state index in [-0.39, 0.29) is 17.0 Å². The van der Waals surface area contributed by atoms with Gasteiger partial charge in [0.1, 0.15) is 5.69 Å². The molecule has 0 aliphatic carbocycles. The number of thiazole rings is 1. The molecular weight excluding hydrogens is 386 g/mol. The number of anilines is 1. The van der Waals surface area contributed by atoms with E-state index in [0.29, 0.717) is 0 Å². The zero-order chi connectivity index (χ0) is 15.7. The van der Waals surface area contributed by atoms with Crippen LogP contribution in [0.15, 0.2) is 76.4 Å². The first-order valence-corrected chi connectivity index (χ1v) is 8.27. The first-order chi connectivity index (χ1) is 11.3. The number of benzene rings is 2. The summed E-state index contributed by atoms with van der Waals surface area (Å²) in [7, 11) is 0. The van der Waals surface area contributed by atoms with Gasteiger partial charge in [0.15, 0.2) is 5.01 Å². The Hall–Kier alpha value is -2.09. The lowest BCUT2D eigenvalue weighted by molar-refractivity contribution is -0.722. The molecule has 1 aliphatic rings. The Morgan fingerprint density at radius 1 is 1.00 bits per heavy atom. The van der Waals surface area contributed by atoms with Crippen molar-refractivity contribution < 1.29 is 22.4 Å². The molecule has 2 aromatic carbocycles. The number of aryl methyl sites for hydroxylation is 1. The van der Waals surface area contributed by atoms with E-state index in [1.807, 2.05) is 66.0 Å². The third-order valence-electron chi connectivity index (χ3n) is 3.79. The molecule has 2 heterocycles. The predicted octanol–water partition coefficient (Wildman–Crippen LogP) is 0.0224. The molecule has 0 amide bonds. The third-order valence-corrected chi connectivity index (χ3v) is 4.87. The molecule has 0 saturated carbocycles. The van der Waals surface area contributed by atoms with Crippen LogP contribution in [-0.2, 0) is 5.66 Å². The van der Waals surface area contributed by atoms with Crippen molar-refractivity contribution in [2.75, 3.05) is 5.12 Å². The zero-order valence-corrected chi connectivity index (χ0v) is 15.4. The smallest absolute Gasteiger partial charge is 0.312 e. The first-order valence-electron chi connectivity index (χ1n) is 7.39. The summed E-state index contributed by atoms with van der Waals surface area (Å²) in [6.45, 7) is 2.00. The van der Waals surface area contributed by atoms with Gasteiger partial charge in [0.05, 0.1) is 0 Å². The number of halogens is 1. The molecule has 1 atom stereocenters. The SMILES string of the molecule is Cc1csc(C2(c3ccccc3)N=NN(c3ccccc3)[NH2+]2)n1.[Br-]. The van der Waals surface area contributed by atoms with Gasteiger partial charge in [-0.15, -0.1) is 11.3 Å². The Labute approximate surface area is 154 Å². The van der Waals surface area contributed by atoms with Crippen molar-refractivity contribution in [3.63, 3.8) is 0 Å². The topological polar surface area (TPSA) is 57.5 Å². The minimum atomic E-state index is -0.657. The molecule has 5 nitrogen and oxygen atoms in total. The third kappa shape index (κ3) is 2.86. The molecule has 0 radical (unpaired) electrons. The summed E-state index contributed by atoms with van der Waals surface area (Å²) in [5, 5.41) is 13.8. The number of hydrogen-bond donors (Lipinski definition) is 1. The predicted molar refractivity (Wildman–Crippen MR) is 89.8 cm³/mol. The summed E-state index contributed by atoms with van der Waals surface area (Å²) in [5.41, 5.74) is 4.44. The van der Waals surface area contributed by atoms with Crippen molar-refractivity contribution >= 4 is 17.0 Å². The fraction of sp³-hybridized carbons (Fsp3) is 0.118. The van der Waals surface area contributed by atoms with Gasteiger partial charge in [-0.05, 0) is 36.4 Å². The van der Waals surface area contributed by atoms with Gasteiger partial charge < -0.3 is 17.0 Å². The van der Waals surface area contributed by atoms with E-state index in [1.165, 1.54) is 0 Å². The minimum Gasteiger partial charge on any atom is -1.00 e. The standard InChI is InChI=1S/C17H15N5S.BrH/c1-13-12-23-16(18-13)17(14-8-4-2-5-9-14)19-21-22(20-17)15-10-6-3-7-11-15;/h2-12,20H,1H3;1H. The van der Waals surface area contributed by atoms with Gasteiger partial charge in [-0.25, -0.2) is 4.98 Å². The number of nitrogens with two attached hydrogens (primary N) is 1. The van der Waals surface area contributed by atoms with Crippen molar-refractivity contribution in [1.29, 1.82) is 0 Å². The van der Waals surface area contributed by atoms with Crippen molar-refractivity contribution in [2.24, 2.45) is 10.3 Å². The normalized spacial score (nSPS) is 19.3. The fourth-order valence-electron chi connectivity index (χ4n) is 2.63. The Morgan fingerprint density at radius 2 is 1.67 bits per heavy atom. The lowest BCUT2D eigenvalue weighted by atomic mass is 10.0. The van der Waals surface area contributed by atoms with E-state index in [1.54, 1.807) is 11.3 Å². The summed E-state index contributed by atoms with van der Waals surface area (Å²) in [4.78, 5) is 4.68. The molecule has 122 valence electrons. The van der Waals surface area contributed by atoms with E-state index >= 15 is 0 Å². The first kappa shape index (κ1) is 16.8. The van der Waals surface area contributed by atoms with Crippen LogP contribution in [0.25, 0.3) is 0 Å². The van der Waals surface area contributed by atoms with E-state index in [4.69, 9.17) is 0 Å². The highest BCUT2D eigenvalue weighted by Gasteiger charge is 2.48. The molecule has 1 aliphatic heterocycles. The molecular formula is C17H16BrN5S. The van der Waals surface area contributed by atoms with Crippen LogP contribution in [0.3, 0.4) is 0 Å². The summed E-state index contributed by atoms with van der Waals surface area (Å²) in [6.07, 6.45) is 0. The highest BCUT2D eigenvalue weighted by molar-refractivity contribution is 7.09. The molecule has 0 saturated heterocycles. The molecule has 3 aromatic rings. The molecule has 24 heavy (non-hydrogen) atoms. The highest BCUT2D eigenvalue weighted by Crippen LogP contribution is 2.33. The maximum Gasteiger partial charge on any atom is 0.312 e.